The molecule has 0 aliphatic heterocycles. The Bertz CT molecular complexity index is 1130. The number of carbonyl (C=O) groups is 1. The highest BCUT2D eigenvalue weighted by Gasteiger charge is 2.31. The van der Waals surface area contributed by atoms with E-state index in [0.29, 0.717) is 5.56 Å². The molecule has 3 rings (SSSR count). The molecule has 0 saturated carbocycles. The molecular weight excluding hydrogens is 481 g/mol. The summed E-state index contributed by atoms with van der Waals surface area (Å²) in [5.74, 6) is -0.562. The lowest BCUT2D eigenvalue weighted by atomic mass is 9.95. The van der Waals surface area contributed by atoms with Gasteiger partial charge in [0.25, 0.3) is 0 Å². The number of aliphatic hydroxyl groups excluding tert-OH is 1. The summed E-state index contributed by atoms with van der Waals surface area (Å²) in [5, 5.41) is 15.6. The first-order valence-electron chi connectivity index (χ1n) is 10.2. The predicted octanol–water partition coefficient (Wildman–Crippen LogP) is 6.33. The first-order valence-corrected chi connectivity index (χ1v) is 10.2. The molecule has 3 aromatic rings. The van der Waals surface area contributed by atoms with Crippen molar-refractivity contribution in [2.24, 2.45) is 0 Å². The number of benzene rings is 3. The molecule has 0 radical (unpaired) electrons. The van der Waals surface area contributed by atoms with E-state index in [0.717, 1.165) is 48.5 Å². The Morgan fingerprint density at radius 3 is 1.74 bits per heavy atom. The van der Waals surface area contributed by atoms with Gasteiger partial charge in [0.15, 0.2) is 0 Å². The molecule has 0 heterocycles. The Morgan fingerprint density at radius 2 is 1.26 bits per heavy atom. The van der Waals surface area contributed by atoms with Crippen molar-refractivity contribution in [2.45, 2.75) is 30.9 Å². The van der Waals surface area contributed by atoms with Crippen LogP contribution in [-0.2, 0) is 18.8 Å². The standard InChI is InChI=1S/C24H19F7N2O2/c25-18-9-3-15(4-10-18)21(34)20(13-14-1-5-16(6-2-14)23(26,27)28)33-22(35)32-19-11-7-17(8-12-19)24(29,30)31/h1-12,20-21,34H,13H2,(H2,32,33,35). The smallest absolute Gasteiger partial charge is 0.386 e. The third-order valence-corrected chi connectivity index (χ3v) is 5.12. The van der Waals surface area contributed by atoms with Crippen LogP contribution in [0.15, 0.2) is 72.8 Å². The van der Waals surface area contributed by atoms with Crippen LogP contribution in [0.4, 0.5) is 41.2 Å². The molecule has 3 N–H and O–H groups in total. The zero-order valence-electron chi connectivity index (χ0n) is 17.8. The number of rotatable bonds is 6. The normalized spacial score (nSPS) is 13.7. The Balaban J connectivity index is 1.78. The summed E-state index contributed by atoms with van der Waals surface area (Å²) in [6.45, 7) is 0. The first kappa shape index (κ1) is 26.0. The van der Waals surface area contributed by atoms with Gasteiger partial charge in [-0.2, -0.15) is 26.3 Å². The van der Waals surface area contributed by atoms with Crippen LogP contribution in [0.1, 0.15) is 28.4 Å². The van der Waals surface area contributed by atoms with Gasteiger partial charge in [-0.15, -0.1) is 0 Å². The van der Waals surface area contributed by atoms with Gasteiger partial charge in [-0.05, 0) is 66.1 Å². The lowest BCUT2D eigenvalue weighted by molar-refractivity contribution is -0.138. The Kier molecular flexibility index (Phi) is 7.69. The number of anilines is 1. The zero-order valence-corrected chi connectivity index (χ0v) is 17.8. The van der Waals surface area contributed by atoms with Gasteiger partial charge in [0.2, 0.25) is 0 Å². The maximum Gasteiger partial charge on any atom is 0.416 e. The molecule has 0 saturated heterocycles. The van der Waals surface area contributed by atoms with Gasteiger partial charge in [-0.1, -0.05) is 24.3 Å². The van der Waals surface area contributed by atoms with E-state index in [2.05, 4.69) is 10.6 Å². The van der Waals surface area contributed by atoms with E-state index in [1.54, 1.807) is 0 Å². The number of hydrogen-bond acceptors (Lipinski definition) is 2. The average molecular weight is 500 g/mol. The number of nitrogens with one attached hydrogen (secondary N) is 2. The van der Waals surface area contributed by atoms with Gasteiger partial charge in [0.1, 0.15) is 5.82 Å². The summed E-state index contributed by atoms with van der Waals surface area (Å²) in [6.07, 6.45) is -10.6. The van der Waals surface area contributed by atoms with E-state index >= 15 is 0 Å². The second-order valence-corrected chi connectivity index (χ2v) is 7.68. The minimum absolute atomic E-state index is 0.0417. The van der Waals surface area contributed by atoms with E-state index in [4.69, 9.17) is 0 Å². The first-order chi connectivity index (χ1) is 16.3. The Labute approximate surface area is 195 Å². The van der Waals surface area contributed by atoms with Gasteiger partial charge in [0.05, 0.1) is 23.3 Å². The SMILES string of the molecule is O=C(Nc1ccc(C(F)(F)F)cc1)NC(Cc1ccc(C(F)(F)F)cc1)C(O)c1ccc(F)cc1. The maximum absolute atomic E-state index is 13.3. The molecule has 2 atom stereocenters. The largest absolute Gasteiger partial charge is 0.416 e. The molecule has 3 aromatic carbocycles. The minimum Gasteiger partial charge on any atom is -0.386 e. The van der Waals surface area contributed by atoms with Crippen molar-refractivity contribution in [3.05, 3.63) is 101 Å². The van der Waals surface area contributed by atoms with E-state index < -0.39 is 47.5 Å². The third-order valence-electron chi connectivity index (χ3n) is 5.12. The van der Waals surface area contributed by atoms with E-state index in [1.807, 2.05) is 0 Å². The molecular formula is C24H19F7N2O2. The highest BCUT2D eigenvalue weighted by Crippen LogP contribution is 2.31. The fraction of sp³-hybridized carbons (Fsp3) is 0.208. The predicted molar refractivity (Wildman–Crippen MR) is 114 cm³/mol. The number of alkyl halides is 6. The summed E-state index contributed by atoms with van der Waals surface area (Å²) < 4.78 is 89.9. The molecule has 2 amide bonds. The highest BCUT2D eigenvalue weighted by molar-refractivity contribution is 5.89. The lowest BCUT2D eigenvalue weighted by Crippen LogP contribution is -2.43. The fourth-order valence-electron chi connectivity index (χ4n) is 3.30. The third kappa shape index (κ3) is 7.19. The number of aliphatic hydroxyl groups is 1. The highest BCUT2D eigenvalue weighted by atomic mass is 19.4. The topological polar surface area (TPSA) is 61.4 Å². The van der Waals surface area contributed by atoms with Crippen LogP contribution in [0.2, 0.25) is 0 Å². The van der Waals surface area contributed by atoms with E-state index in [9.17, 15) is 40.6 Å². The molecule has 0 aromatic heterocycles. The second-order valence-electron chi connectivity index (χ2n) is 7.68. The van der Waals surface area contributed by atoms with Crippen molar-refractivity contribution >= 4 is 11.7 Å². The quantitative estimate of drug-likeness (QED) is 0.347. The number of carbonyl (C=O) groups excluding carboxylic acids is 1. The molecule has 35 heavy (non-hydrogen) atoms. The minimum atomic E-state index is -4.55. The van der Waals surface area contributed by atoms with Gasteiger partial charge in [-0.3, -0.25) is 0 Å². The molecule has 11 heteroatoms. The van der Waals surface area contributed by atoms with Crippen LogP contribution in [0.3, 0.4) is 0 Å². The second kappa shape index (κ2) is 10.3. The Hall–Kier alpha value is -3.60. The van der Waals surface area contributed by atoms with Crippen LogP contribution in [0.5, 0.6) is 0 Å². The molecule has 186 valence electrons. The van der Waals surface area contributed by atoms with Crippen LogP contribution in [0.25, 0.3) is 0 Å². The zero-order chi connectivity index (χ0) is 25.8. The van der Waals surface area contributed by atoms with Crippen molar-refractivity contribution in [3.8, 4) is 0 Å². The van der Waals surface area contributed by atoms with Gasteiger partial charge in [-0.25, -0.2) is 9.18 Å². The lowest BCUT2D eigenvalue weighted by Gasteiger charge is -2.25. The van der Waals surface area contributed by atoms with E-state index in [-0.39, 0.29) is 17.7 Å². The average Bonchev–Trinajstić information content (AvgIpc) is 2.78. The van der Waals surface area contributed by atoms with Crippen molar-refractivity contribution in [1.82, 2.24) is 5.32 Å². The summed E-state index contributed by atoms with van der Waals surface area (Å²) in [7, 11) is 0. The summed E-state index contributed by atoms with van der Waals surface area (Å²) >= 11 is 0. The van der Waals surface area contributed by atoms with Crippen LogP contribution < -0.4 is 10.6 Å². The molecule has 0 spiro atoms. The van der Waals surface area contributed by atoms with Crippen LogP contribution in [-0.4, -0.2) is 17.2 Å². The monoisotopic (exact) mass is 500 g/mol. The fourth-order valence-corrected chi connectivity index (χ4v) is 3.30. The van der Waals surface area contributed by atoms with Crippen molar-refractivity contribution in [3.63, 3.8) is 0 Å². The summed E-state index contributed by atoms with van der Waals surface area (Å²) in [6, 6.07) is 10.6. The van der Waals surface area contributed by atoms with Crippen LogP contribution >= 0.6 is 0 Å². The molecule has 0 aliphatic rings. The molecule has 0 aliphatic carbocycles. The molecule has 2 unspecified atom stereocenters. The maximum atomic E-state index is 13.3. The number of hydrogen-bond donors (Lipinski definition) is 3. The van der Waals surface area contributed by atoms with Gasteiger partial charge < -0.3 is 15.7 Å². The summed E-state index contributed by atoms with van der Waals surface area (Å²) in [5.41, 5.74) is -1.14. The van der Waals surface area contributed by atoms with Crippen molar-refractivity contribution < 1.29 is 40.6 Å². The number of urea groups is 1. The number of amides is 2. The van der Waals surface area contributed by atoms with E-state index in [1.165, 1.54) is 24.3 Å². The van der Waals surface area contributed by atoms with Crippen LogP contribution in [0, 0.1) is 5.82 Å². The summed E-state index contributed by atoms with van der Waals surface area (Å²) in [4.78, 5) is 12.5. The Morgan fingerprint density at radius 1 is 0.771 bits per heavy atom. The number of halogens is 7. The van der Waals surface area contributed by atoms with Gasteiger partial charge in [0, 0.05) is 5.69 Å². The molecule has 0 bridgehead atoms. The van der Waals surface area contributed by atoms with Gasteiger partial charge >= 0.3 is 18.4 Å². The molecule has 0 fully saturated rings. The molecule has 4 nitrogen and oxygen atoms in total. The van der Waals surface area contributed by atoms with Crippen molar-refractivity contribution in [2.75, 3.05) is 5.32 Å². The van der Waals surface area contributed by atoms with Crippen molar-refractivity contribution in [1.29, 1.82) is 0 Å².